The van der Waals surface area contributed by atoms with Crippen LogP contribution in [-0.4, -0.2) is 39.1 Å². The third kappa shape index (κ3) is 3.67. The van der Waals surface area contributed by atoms with E-state index in [4.69, 9.17) is 4.74 Å². The minimum absolute atomic E-state index is 0.0717. The number of hydrogen-bond donors (Lipinski definition) is 1. The fourth-order valence-electron chi connectivity index (χ4n) is 1.73. The van der Waals surface area contributed by atoms with Crippen LogP contribution in [0.2, 0.25) is 0 Å². The van der Waals surface area contributed by atoms with Crippen LogP contribution in [0.1, 0.15) is 0 Å². The molecule has 1 aromatic carbocycles. The second kappa shape index (κ2) is 5.01. The Hall–Kier alpha value is -1.14. The summed E-state index contributed by atoms with van der Waals surface area (Å²) in [5, 5.41) is 3.06. The van der Waals surface area contributed by atoms with Gasteiger partial charge in [-0.05, 0) is 12.1 Å². The maximum absolute atomic E-state index is 12.9. The second-order valence-electron chi connectivity index (χ2n) is 4.03. The molecule has 1 N–H and O–H groups in total. The van der Waals surface area contributed by atoms with Gasteiger partial charge in [0.05, 0.1) is 17.5 Å². The second-order valence-corrected chi connectivity index (χ2v) is 6.26. The number of ether oxygens (including phenoxy) is 1. The van der Waals surface area contributed by atoms with E-state index < -0.39 is 9.84 Å². The zero-order chi connectivity index (χ0) is 12.3. The zero-order valence-electron chi connectivity index (χ0n) is 9.23. The normalized spacial score (nSPS) is 23.2. The molecule has 0 radical (unpaired) electrons. The Kier molecular flexibility index (Phi) is 3.63. The minimum Gasteiger partial charge on any atom is -0.492 e. The van der Waals surface area contributed by atoms with Gasteiger partial charge in [-0.25, -0.2) is 12.8 Å². The molecule has 1 fully saturated rings. The van der Waals surface area contributed by atoms with Crippen LogP contribution >= 0.6 is 0 Å². The Morgan fingerprint density at radius 2 is 2.29 bits per heavy atom. The maximum atomic E-state index is 12.9. The Bertz CT molecular complexity index is 489. The van der Waals surface area contributed by atoms with Crippen molar-refractivity contribution in [1.29, 1.82) is 0 Å². The van der Waals surface area contributed by atoms with E-state index in [1.54, 1.807) is 12.1 Å². The number of sulfone groups is 1. The van der Waals surface area contributed by atoms with Gasteiger partial charge in [0, 0.05) is 12.6 Å². The molecule has 1 aliphatic rings. The van der Waals surface area contributed by atoms with Crippen molar-refractivity contribution in [1.82, 2.24) is 5.32 Å². The molecule has 0 bridgehead atoms. The van der Waals surface area contributed by atoms with Crippen LogP contribution in [-0.2, 0) is 9.84 Å². The Balaban J connectivity index is 1.90. The molecule has 0 amide bonds. The Morgan fingerprint density at radius 1 is 1.47 bits per heavy atom. The molecule has 94 valence electrons. The van der Waals surface area contributed by atoms with Gasteiger partial charge in [-0.1, -0.05) is 6.07 Å². The van der Waals surface area contributed by atoms with Crippen molar-refractivity contribution in [2.24, 2.45) is 0 Å². The van der Waals surface area contributed by atoms with Crippen molar-refractivity contribution < 1.29 is 17.5 Å². The van der Waals surface area contributed by atoms with Gasteiger partial charge < -0.3 is 10.1 Å². The van der Waals surface area contributed by atoms with Crippen molar-refractivity contribution in [3.8, 4) is 5.75 Å². The number of benzene rings is 1. The molecule has 0 saturated carbocycles. The van der Waals surface area contributed by atoms with Gasteiger partial charge in [0.1, 0.15) is 18.2 Å². The van der Waals surface area contributed by atoms with Gasteiger partial charge in [0.25, 0.3) is 0 Å². The van der Waals surface area contributed by atoms with E-state index in [0.717, 1.165) is 0 Å². The summed E-state index contributed by atoms with van der Waals surface area (Å²) < 4.78 is 41.0. The van der Waals surface area contributed by atoms with Crippen molar-refractivity contribution in [3.63, 3.8) is 0 Å². The monoisotopic (exact) mass is 259 g/mol. The molecule has 0 spiro atoms. The lowest BCUT2D eigenvalue weighted by molar-refractivity contribution is 0.272. The summed E-state index contributed by atoms with van der Waals surface area (Å²) in [5.74, 6) is 0.285. The van der Waals surface area contributed by atoms with Crippen molar-refractivity contribution in [3.05, 3.63) is 30.1 Å². The molecule has 6 heteroatoms. The van der Waals surface area contributed by atoms with E-state index in [-0.39, 0.29) is 30.0 Å². The largest absolute Gasteiger partial charge is 0.492 e. The van der Waals surface area contributed by atoms with Gasteiger partial charge in [0.2, 0.25) is 0 Å². The first-order valence-electron chi connectivity index (χ1n) is 5.37. The minimum atomic E-state index is -2.96. The van der Waals surface area contributed by atoms with Gasteiger partial charge in [-0.15, -0.1) is 0 Å². The van der Waals surface area contributed by atoms with Crippen molar-refractivity contribution >= 4 is 9.84 Å². The molecule has 1 unspecified atom stereocenters. The molecular formula is C11H14FNO3S. The SMILES string of the molecule is O=S1(=O)CCNC(COc2cccc(F)c2)C1. The topological polar surface area (TPSA) is 55.4 Å². The van der Waals surface area contributed by atoms with E-state index >= 15 is 0 Å². The average Bonchev–Trinajstić information content (AvgIpc) is 2.25. The average molecular weight is 259 g/mol. The fraction of sp³-hybridized carbons (Fsp3) is 0.455. The summed E-state index contributed by atoms with van der Waals surface area (Å²) in [6, 6.07) is 5.57. The van der Waals surface area contributed by atoms with Crippen LogP contribution < -0.4 is 10.1 Å². The Morgan fingerprint density at radius 3 is 3.00 bits per heavy atom. The first-order chi connectivity index (χ1) is 8.05. The van der Waals surface area contributed by atoms with Crippen LogP contribution in [0.15, 0.2) is 24.3 Å². The van der Waals surface area contributed by atoms with Crippen LogP contribution in [0.4, 0.5) is 4.39 Å². The molecule has 1 heterocycles. The van der Waals surface area contributed by atoms with Gasteiger partial charge in [0.15, 0.2) is 9.84 Å². The fourth-order valence-corrected chi connectivity index (χ4v) is 3.15. The standard InChI is InChI=1S/C11H14FNO3S/c12-9-2-1-3-11(6-9)16-7-10-8-17(14,15)5-4-13-10/h1-3,6,10,13H,4-5,7-8H2. The van der Waals surface area contributed by atoms with E-state index in [2.05, 4.69) is 5.32 Å². The van der Waals surface area contributed by atoms with Crippen LogP contribution in [0.25, 0.3) is 0 Å². The highest BCUT2D eigenvalue weighted by Crippen LogP contribution is 2.12. The molecule has 1 aromatic rings. The zero-order valence-corrected chi connectivity index (χ0v) is 10.0. The summed E-state index contributed by atoms with van der Waals surface area (Å²) in [6.07, 6.45) is 0. The summed E-state index contributed by atoms with van der Waals surface area (Å²) >= 11 is 0. The summed E-state index contributed by atoms with van der Waals surface area (Å²) in [4.78, 5) is 0. The summed E-state index contributed by atoms with van der Waals surface area (Å²) in [7, 11) is -2.96. The molecule has 0 aromatic heterocycles. The summed E-state index contributed by atoms with van der Waals surface area (Å²) in [5.41, 5.74) is 0. The first-order valence-corrected chi connectivity index (χ1v) is 7.19. The van der Waals surface area contributed by atoms with E-state index in [1.165, 1.54) is 12.1 Å². The molecule has 1 aliphatic heterocycles. The highest BCUT2D eigenvalue weighted by Gasteiger charge is 2.24. The molecule has 0 aliphatic carbocycles. The van der Waals surface area contributed by atoms with Gasteiger partial charge in [-0.3, -0.25) is 0 Å². The quantitative estimate of drug-likeness (QED) is 0.863. The Labute approximate surface area is 99.7 Å². The van der Waals surface area contributed by atoms with Crippen LogP contribution in [0.5, 0.6) is 5.75 Å². The first kappa shape index (κ1) is 12.3. The number of halogens is 1. The summed E-state index contributed by atoms with van der Waals surface area (Å²) in [6.45, 7) is 0.669. The predicted octanol–water partition coefficient (Wildman–Crippen LogP) is 0.591. The molecule has 4 nitrogen and oxygen atoms in total. The lowest BCUT2D eigenvalue weighted by Crippen LogP contribution is -2.48. The smallest absolute Gasteiger partial charge is 0.153 e. The lowest BCUT2D eigenvalue weighted by Gasteiger charge is -2.23. The third-order valence-electron chi connectivity index (χ3n) is 2.55. The predicted molar refractivity (Wildman–Crippen MR) is 62.3 cm³/mol. The van der Waals surface area contributed by atoms with Gasteiger partial charge in [-0.2, -0.15) is 0 Å². The van der Waals surface area contributed by atoms with Gasteiger partial charge >= 0.3 is 0 Å². The van der Waals surface area contributed by atoms with Crippen molar-refractivity contribution in [2.75, 3.05) is 24.7 Å². The van der Waals surface area contributed by atoms with Crippen molar-refractivity contribution in [2.45, 2.75) is 6.04 Å². The molecule has 1 saturated heterocycles. The van der Waals surface area contributed by atoms with E-state index in [1.807, 2.05) is 0 Å². The maximum Gasteiger partial charge on any atom is 0.153 e. The lowest BCUT2D eigenvalue weighted by atomic mass is 10.3. The molecular weight excluding hydrogens is 245 g/mol. The van der Waals surface area contributed by atoms with Crippen LogP contribution in [0, 0.1) is 5.82 Å². The molecule has 17 heavy (non-hydrogen) atoms. The molecule has 2 rings (SSSR count). The van der Waals surface area contributed by atoms with Crippen LogP contribution in [0.3, 0.4) is 0 Å². The number of hydrogen-bond acceptors (Lipinski definition) is 4. The number of rotatable bonds is 3. The third-order valence-corrected chi connectivity index (χ3v) is 4.28. The molecule has 1 atom stereocenters. The van der Waals surface area contributed by atoms with E-state index in [0.29, 0.717) is 12.3 Å². The highest BCUT2D eigenvalue weighted by atomic mass is 32.2. The van der Waals surface area contributed by atoms with E-state index in [9.17, 15) is 12.8 Å². The highest BCUT2D eigenvalue weighted by molar-refractivity contribution is 7.91. The number of nitrogens with one attached hydrogen (secondary N) is 1.